The van der Waals surface area contributed by atoms with Crippen molar-refractivity contribution in [1.29, 1.82) is 0 Å². The van der Waals surface area contributed by atoms with Crippen LogP contribution in [0.25, 0.3) is 28.3 Å². The van der Waals surface area contributed by atoms with Gasteiger partial charge in [0.15, 0.2) is 0 Å². The molecule has 10 heteroatoms. The van der Waals surface area contributed by atoms with Gasteiger partial charge in [-0.05, 0) is 42.5 Å². The van der Waals surface area contributed by atoms with Gasteiger partial charge in [0.2, 0.25) is 0 Å². The lowest BCUT2D eigenvalue weighted by Gasteiger charge is -2.10. The van der Waals surface area contributed by atoms with Gasteiger partial charge in [-0.1, -0.05) is 15.9 Å². The third-order valence-electron chi connectivity index (χ3n) is 4.98. The molecule has 3 aromatic heterocycles. The number of nitrogens with zero attached hydrogens (tertiary/aromatic N) is 4. The molecule has 1 aliphatic heterocycles. The molecule has 4 aromatic rings. The van der Waals surface area contributed by atoms with Gasteiger partial charge in [-0.3, -0.25) is 14.8 Å². The Bertz CT molecular complexity index is 1330. The van der Waals surface area contributed by atoms with E-state index >= 15 is 0 Å². The summed E-state index contributed by atoms with van der Waals surface area (Å²) in [6.45, 7) is -2.59. The number of hydrogen-bond donors (Lipinski definition) is 1. The van der Waals surface area contributed by atoms with Crippen molar-refractivity contribution in [1.82, 2.24) is 25.1 Å². The van der Waals surface area contributed by atoms with E-state index in [1.807, 2.05) is 0 Å². The summed E-state index contributed by atoms with van der Waals surface area (Å²) < 4.78 is 32.5. The first-order chi connectivity index (χ1) is 15.5. The number of carbonyl (C=O) groups is 1. The highest BCUT2D eigenvalue weighted by molar-refractivity contribution is 9.10. The summed E-state index contributed by atoms with van der Waals surface area (Å²) in [4.78, 5) is 20.6. The van der Waals surface area contributed by atoms with Gasteiger partial charge >= 0.3 is 6.61 Å². The van der Waals surface area contributed by atoms with E-state index < -0.39 is 6.61 Å². The maximum absolute atomic E-state index is 12.8. The number of halogens is 3. The largest absolute Gasteiger partial charge is 0.435 e. The topological polar surface area (TPSA) is 81.9 Å². The Morgan fingerprint density at radius 3 is 2.69 bits per heavy atom. The van der Waals surface area contributed by atoms with Crippen LogP contribution in [0.4, 0.5) is 8.78 Å². The van der Waals surface area contributed by atoms with Crippen LogP contribution in [-0.2, 0) is 6.54 Å². The minimum Gasteiger partial charge on any atom is -0.435 e. The molecule has 0 radical (unpaired) electrons. The number of ether oxygens (including phenoxy) is 1. The van der Waals surface area contributed by atoms with Crippen LogP contribution in [0.5, 0.6) is 5.75 Å². The Kier molecular flexibility index (Phi) is 5.14. The lowest BCUT2D eigenvalue weighted by atomic mass is 10.1. The maximum atomic E-state index is 12.8. The Hall–Kier alpha value is -3.66. The molecule has 0 unspecified atom stereocenters. The number of carbonyl (C=O) groups excluding carboxylic acids is 1. The van der Waals surface area contributed by atoms with Gasteiger partial charge in [-0.25, -0.2) is 4.68 Å². The SMILES string of the molecule is O=C1NCc2c1ccnc2-c1cc(-c2cc(Br)cc(OC(F)F)c2)n(-c2ccncc2)n1. The number of aromatic nitrogens is 4. The van der Waals surface area contributed by atoms with E-state index in [2.05, 4.69) is 36.0 Å². The molecule has 0 fully saturated rings. The molecule has 1 aliphatic rings. The Morgan fingerprint density at radius 2 is 1.91 bits per heavy atom. The van der Waals surface area contributed by atoms with Crippen LogP contribution < -0.4 is 10.1 Å². The van der Waals surface area contributed by atoms with Crippen LogP contribution in [0.15, 0.2) is 65.5 Å². The minimum atomic E-state index is -2.95. The standard InChI is InChI=1S/C22H14BrF2N5O2/c23-13-7-12(8-15(9-13)32-22(24)25)19-10-18(29-30(19)14-1-4-26-5-2-14)20-17-11-28-21(31)16(17)3-6-27-20/h1-10,22H,11H2,(H,28,31). The third kappa shape index (κ3) is 3.73. The van der Waals surface area contributed by atoms with Gasteiger partial charge in [0.05, 0.1) is 17.1 Å². The molecular weight excluding hydrogens is 484 g/mol. The Balaban J connectivity index is 1.70. The zero-order valence-electron chi connectivity index (χ0n) is 16.3. The highest BCUT2D eigenvalue weighted by Gasteiger charge is 2.25. The average Bonchev–Trinajstić information content (AvgIpc) is 3.38. The van der Waals surface area contributed by atoms with Crippen molar-refractivity contribution in [2.24, 2.45) is 0 Å². The van der Waals surface area contributed by atoms with Crippen molar-refractivity contribution in [3.8, 4) is 34.1 Å². The fraction of sp³-hybridized carbons (Fsp3) is 0.0909. The minimum absolute atomic E-state index is 0.0157. The highest BCUT2D eigenvalue weighted by Crippen LogP contribution is 2.34. The van der Waals surface area contributed by atoms with Crippen LogP contribution >= 0.6 is 15.9 Å². The van der Waals surface area contributed by atoms with Crippen molar-refractivity contribution >= 4 is 21.8 Å². The maximum Gasteiger partial charge on any atom is 0.387 e. The highest BCUT2D eigenvalue weighted by atomic mass is 79.9. The number of pyridine rings is 2. The van der Waals surface area contributed by atoms with E-state index in [4.69, 9.17) is 5.10 Å². The molecule has 0 spiro atoms. The Morgan fingerprint density at radius 1 is 1.09 bits per heavy atom. The molecular formula is C22H14BrF2N5O2. The number of alkyl halides is 2. The second-order valence-corrected chi connectivity index (χ2v) is 7.87. The van der Waals surface area contributed by atoms with E-state index in [1.54, 1.807) is 53.6 Å². The van der Waals surface area contributed by atoms with Crippen LogP contribution in [-0.4, -0.2) is 32.3 Å². The van der Waals surface area contributed by atoms with E-state index in [0.717, 1.165) is 11.3 Å². The molecule has 0 atom stereocenters. The lowest BCUT2D eigenvalue weighted by molar-refractivity contribution is -0.0498. The fourth-order valence-corrected chi connectivity index (χ4v) is 4.11. The second-order valence-electron chi connectivity index (χ2n) is 6.95. The van der Waals surface area contributed by atoms with E-state index in [0.29, 0.717) is 39.2 Å². The molecule has 0 saturated carbocycles. The van der Waals surface area contributed by atoms with E-state index in [-0.39, 0.29) is 11.7 Å². The zero-order valence-corrected chi connectivity index (χ0v) is 17.9. The van der Waals surface area contributed by atoms with Crippen LogP contribution in [0.1, 0.15) is 15.9 Å². The second kappa shape index (κ2) is 8.12. The fourth-order valence-electron chi connectivity index (χ4n) is 3.63. The molecule has 32 heavy (non-hydrogen) atoms. The van der Waals surface area contributed by atoms with Crippen molar-refractivity contribution in [2.75, 3.05) is 0 Å². The van der Waals surface area contributed by atoms with Gasteiger partial charge < -0.3 is 10.1 Å². The normalized spacial score (nSPS) is 12.7. The van der Waals surface area contributed by atoms with Crippen molar-refractivity contribution in [3.63, 3.8) is 0 Å². The average molecular weight is 498 g/mol. The lowest BCUT2D eigenvalue weighted by Crippen LogP contribution is -2.12. The van der Waals surface area contributed by atoms with Crippen LogP contribution in [0.2, 0.25) is 0 Å². The predicted octanol–water partition coefficient (Wildman–Crippen LogP) is 4.60. The molecule has 1 amide bonds. The number of benzene rings is 1. The summed E-state index contributed by atoms with van der Waals surface area (Å²) in [5.41, 5.74) is 4.40. The summed E-state index contributed by atoms with van der Waals surface area (Å²) in [6, 6.07) is 11.8. The van der Waals surface area contributed by atoms with E-state index in [1.165, 1.54) is 12.1 Å². The first-order valence-electron chi connectivity index (χ1n) is 9.52. The van der Waals surface area contributed by atoms with E-state index in [9.17, 15) is 13.6 Å². The molecule has 0 bridgehead atoms. The first kappa shape index (κ1) is 20.3. The molecule has 0 aliphatic carbocycles. The molecule has 1 aromatic carbocycles. The number of amides is 1. The number of fused-ring (bicyclic) bond motifs is 1. The molecule has 160 valence electrons. The zero-order chi connectivity index (χ0) is 22.2. The van der Waals surface area contributed by atoms with Gasteiger partial charge in [-0.15, -0.1) is 0 Å². The number of rotatable bonds is 5. The summed E-state index contributed by atoms with van der Waals surface area (Å²) in [5.74, 6) is -0.139. The monoisotopic (exact) mass is 497 g/mol. The summed E-state index contributed by atoms with van der Waals surface area (Å²) in [5, 5.41) is 7.53. The van der Waals surface area contributed by atoms with Crippen molar-refractivity contribution < 1.29 is 18.3 Å². The molecule has 5 rings (SSSR count). The van der Waals surface area contributed by atoms with Crippen LogP contribution in [0, 0.1) is 0 Å². The van der Waals surface area contributed by atoms with Crippen molar-refractivity contribution in [3.05, 3.63) is 76.7 Å². The van der Waals surface area contributed by atoms with Gasteiger partial charge in [0.25, 0.3) is 5.91 Å². The summed E-state index contributed by atoms with van der Waals surface area (Å²) in [7, 11) is 0. The van der Waals surface area contributed by atoms with Crippen LogP contribution in [0.3, 0.4) is 0 Å². The Labute approximate surface area is 189 Å². The summed E-state index contributed by atoms with van der Waals surface area (Å²) in [6.07, 6.45) is 4.83. The summed E-state index contributed by atoms with van der Waals surface area (Å²) >= 11 is 3.36. The molecule has 1 N–H and O–H groups in total. The van der Waals surface area contributed by atoms with Crippen molar-refractivity contribution in [2.45, 2.75) is 13.2 Å². The van der Waals surface area contributed by atoms with Gasteiger partial charge in [-0.2, -0.15) is 13.9 Å². The predicted molar refractivity (Wildman–Crippen MR) is 116 cm³/mol. The molecule has 4 heterocycles. The first-order valence-corrected chi connectivity index (χ1v) is 10.3. The number of hydrogen-bond acceptors (Lipinski definition) is 5. The quantitative estimate of drug-likeness (QED) is 0.435. The smallest absolute Gasteiger partial charge is 0.387 e. The van der Waals surface area contributed by atoms with Gasteiger partial charge in [0.1, 0.15) is 11.4 Å². The third-order valence-corrected chi connectivity index (χ3v) is 5.44. The molecule has 7 nitrogen and oxygen atoms in total. The molecule has 0 saturated heterocycles. The van der Waals surface area contributed by atoms with Gasteiger partial charge in [0, 0.05) is 46.3 Å². The number of nitrogens with one attached hydrogen (secondary N) is 1.